The lowest BCUT2D eigenvalue weighted by molar-refractivity contribution is -0.300. The standard InChI is InChI=1S/C61H70O13/c1-37(25-28-48(63)38(2)51-49(64)34-47-45-27-26-43-33-44(62)29-31-60(43,3)46(45)30-32-61(47,51)4)35-70-59-54(74-58(68)42-23-15-8-16-24-42)53(73-57(67)41-21-13-7-14-22-41)52(72-56(66)40-19-11-6-12-20-40)50(71-59)36-69-55(65)39-17-9-5-10-18-39/h5-24,37-38,43-47,50-54,59,62H,25-36H2,1-4H3/t37-,38+,43?,44?,45?,46?,47?,50?,51?,52+,53-,54?,59+,60?,61?/m0/s1. The van der Waals surface area contributed by atoms with Crippen LogP contribution < -0.4 is 0 Å². The molecule has 74 heavy (non-hydrogen) atoms. The van der Waals surface area contributed by atoms with E-state index in [0.29, 0.717) is 30.6 Å². The van der Waals surface area contributed by atoms with Gasteiger partial charge < -0.3 is 33.5 Å². The highest BCUT2D eigenvalue weighted by Gasteiger charge is 2.63. The third kappa shape index (κ3) is 11.2. The van der Waals surface area contributed by atoms with Gasteiger partial charge in [0.05, 0.1) is 35.0 Å². The molecule has 1 aliphatic heterocycles. The van der Waals surface area contributed by atoms with Crippen LogP contribution in [0.25, 0.3) is 0 Å². The first kappa shape index (κ1) is 52.8. The Bertz CT molecular complexity index is 2610. The number of ketones is 2. The van der Waals surface area contributed by atoms with Crippen LogP contribution >= 0.6 is 0 Å². The van der Waals surface area contributed by atoms with E-state index in [-0.39, 0.29) is 81.5 Å². The molecular formula is C61H70O13. The van der Waals surface area contributed by atoms with Crippen molar-refractivity contribution in [2.24, 2.45) is 52.3 Å². The van der Waals surface area contributed by atoms with Crippen LogP contribution in [0.4, 0.5) is 0 Å². The quantitative estimate of drug-likeness (QED) is 0.0781. The summed E-state index contributed by atoms with van der Waals surface area (Å²) in [6.45, 7) is 8.04. The Labute approximate surface area is 434 Å². The third-order valence-corrected chi connectivity index (χ3v) is 17.7. The van der Waals surface area contributed by atoms with Crippen LogP contribution in [0, 0.1) is 52.3 Å². The highest BCUT2D eigenvalue weighted by molar-refractivity contribution is 5.93. The van der Waals surface area contributed by atoms with Gasteiger partial charge >= 0.3 is 23.9 Å². The Kier molecular flexibility index (Phi) is 16.3. The number of aliphatic hydroxyl groups excluding tert-OH is 1. The number of Topliss-reactive ketones (excluding diaryl/α,β-unsaturated/α-hetero) is 2. The minimum Gasteiger partial charge on any atom is -0.459 e. The Morgan fingerprint density at radius 2 is 1.15 bits per heavy atom. The predicted molar refractivity (Wildman–Crippen MR) is 272 cm³/mol. The van der Waals surface area contributed by atoms with Crippen LogP contribution in [0.15, 0.2) is 121 Å². The summed E-state index contributed by atoms with van der Waals surface area (Å²) >= 11 is 0. The Morgan fingerprint density at radius 3 is 1.72 bits per heavy atom. The van der Waals surface area contributed by atoms with Gasteiger partial charge in [0, 0.05) is 24.7 Å². The molecule has 1 heterocycles. The summed E-state index contributed by atoms with van der Waals surface area (Å²) in [5.41, 5.74) is 0.686. The molecule has 5 fully saturated rings. The van der Waals surface area contributed by atoms with E-state index in [1.807, 2.05) is 13.8 Å². The molecule has 0 spiro atoms. The Balaban J connectivity index is 0.937. The minimum absolute atomic E-state index is 0.0158. The molecule has 4 aliphatic carbocycles. The fourth-order valence-electron chi connectivity index (χ4n) is 13.7. The van der Waals surface area contributed by atoms with Crippen molar-refractivity contribution in [3.8, 4) is 0 Å². The molecular weight excluding hydrogens is 941 g/mol. The summed E-state index contributed by atoms with van der Waals surface area (Å²) in [6.07, 6.45) is 0.350. The van der Waals surface area contributed by atoms with Gasteiger partial charge in [-0.15, -0.1) is 0 Å². The maximum Gasteiger partial charge on any atom is 0.338 e. The third-order valence-electron chi connectivity index (χ3n) is 17.7. The van der Waals surface area contributed by atoms with E-state index in [4.69, 9.17) is 28.4 Å². The molecule has 10 unspecified atom stereocenters. The molecule has 1 saturated heterocycles. The summed E-state index contributed by atoms with van der Waals surface area (Å²) in [5.74, 6) is -2.24. The molecule has 1 N–H and O–H groups in total. The lowest BCUT2D eigenvalue weighted by Gasteiger charge is -2.61. The molecule has 0 bridgehead atoms. The van der Waals surface area contributed by atoms with Gasteiger partial charge in [-0.3, -0.25) is 9.59 Å². The monoisotopic (exact) mass is 1010 g/mol. The lowest BCUT2D eigenvalue weighted by Crippen LogP contribution is -2.63. The van der Waals surface area contributed by atoms with E-state index in [1.54, 1.807) is 121 Å². The molecule has 0 aromatic heterocycles. The van der Waals surface area contributed by atoms with Crippen molar-refractivity contribution < 1.29 is 62.3 Å². The molecule has 5 aliphatic rings. The van der Waals surface area contributed by atoms with E-state index < -0.39 is 67.1 Å². The molecule has 0 radical (unpaired) electrons. The fraction of sp³-hybridized carbons (Fsp3) is 0.508. The number of aliphatic hydroxyl groups is 1. The van der Waals surface area contributed by atoms with Crippen molar-refractivity contribution in [1.82, 2.24) is 0 Å². The number of fused-ring (bicyclic) bond motifs is 5. The first-order valence-electron chi connectivity index (χ1n) is 26.7. The van der Waals surface area contributed by atoms with Crippen molar-refractivity contribution in [3.63, 3.8) is 0 Å². The molecule has 4 aromatic carbocycles. The number of benzene rings is 4. The van der Waals surface area contributed by atoms with Crippen LogP contribution in [0.1, 0.15) is 133 Å². The maximum absolute atomic E-state index is 14.3. The lowest BCUT2D eigenvalue weighted by atomic mass is 9.44. The van der Waals surface area contributed by atoms with Crippen molar-refractivity contribution in [3.05, 3.63) is 144 Å². The van der Waals surface area contributed by atoms with Gasteiger partial charge in [-0.25, -0.2) is 19.2 Å². The van der Waals surface area contributed by atoms with Gasteiger partial charge in [0.1, 0.15) is 24.3 Å². The van der Waals surface area contributed by atoms with E-state index in [9.17, 15) is 33.9 Å². The van der Waals surface area contributed by atoms with Crippen LogP contribution in [0.2, 0.25) is 0 Å². The summed E-state index contributed by atoms with van der Waals surface area (Å²) in [5, 5.41) is 10.5. The number of rotatable bonds is 17. The van der Waals surface area contributed by atoms with Crippen molar-refractivity contribution in [2.45, 2.75) is 129 Å². The predicted octanol–water partition coefficient (Wildman–Crippen LogP) is 10.1. The average Bonchev–Trinajstić information content (AvgIpc) is 3.70. The van der Waals surface area contributed by atoms with Gasteiger partial charge in [-0.1, -0.05) is 100 Å². The first-order valence-corrected chi connectivity index (χ1v) is 26.7. The molecule has 15 atom stereocenters. The average molecular weight is 1010 g/mol. The molecule has 13 nitrogen and oxygen atoms in total. The summed E-state index contributed by atoms with van der Waals surface area (Å²) in [4.78, 5) is 83.9. The zero-order valence-electron chi connectivity index (χ0n) is 42.9. The number of ether oxygens (including phenoxy) is 6. The van der Waals surface area contributed by atoms with Crippen LogP contribution in [-0.2, 0) is 38.0 Å². The highest BCUT2D eigenvalue weighted by Crippen LogP contribution is 2.67. The van der Waals surface area contributed by atoms with E-state index in [1.165, 1.54) is 0 Å². The molecule has 9 rings (SSSR count). The first-order chi connectivity index (χ1) is 35.6. The molecule has 13 heteroatoms. The summed E-state index contributed by atoms with van der Waals surface area (Å²) in [6, 6.07) is 32.8. The number of hydrogen-bond donors (Lipinski definition) is 1. The van der Waals surface area contributed by atoms with Gasteiger partial charge in [0.25, 0.3) is 0 Å². The van der Waals surface area contributed by atoms with Gasteiger partial charge in [0.15, 0.2) is 24.6 Å². The molecule has 0 amide bonds. The van der Waals surface area contributed by atoms with E-state index in [2.05, 4.69) is 13.8 Å². The number of carbonyl (C=O) groups is 6. The van der Waals surface area contributed by atoms with Crippen molar-refractivity contribution >= 4 is 35.4 Å². The maximum atomic E-state index is 14.3. The van der Waals surface area contributed by atoms with E-state index >= 15 is 0 Å². The van der Waals surface area contributed by atoms with Gasteiger partial charge in [0.2, 0.25) is 0 Å². The fourth-order valence-corrected chi connectivity index (χ4v) is 13.7. The second kappa shape index (κ2) is 22.8. The van der Waals surface area contributed by atoms with Crippen LogP contribution in [0.3, 0.4) is 0 Å². The molecule has 4 saturated carbocycles. The van der Waals surface area contributed by atoms with Gasteiger partial charge in [-0.05, 0) is 140 Å². The second-order valence-electron chi connectivity index (χ2n) is 22.2. The van der Waals surface area contributed by atoms with Crippen LogP contribution in [-0.4, -0.2) is 90.6 Å². The number of carbonyl (C=O) groups excluding carboxylic acids is 6. The zero-order chi connectivity index (χ0) is 52.1. The number of hydrogen-bond acceptors (Lipinski definition) is 13. The van der Waals surface area contributed by atoms with Crippen LogP contribution in [0.5, 0.6) is 0 Å². The second-order valence-corrected chi connectivity index (χ2v) is 22.2. The molecule has 4 aromatic rings. The van der Waals surface area contributed by atoms with Crippen molar-refractivity contribution in [1.29, 1.82) is 0 Å². The number of esters is 4. The topological polar surface area (TPSA) is 178 Å². The van der Waals surface area contributed by atoms with E-state index in [0.717, 1.165) is 44.9 Å². The minimum atomic E-state index is -1.57. The zero-order valence-corrected chi connectivity index (χ0v) is 42.9. The highest BCUT2D eigenvalue weighted by atomic mass is 16.7. The smallest absolute Gasteiger partial charge is 0.338 e. The summed E-state index contributed by atoms with van der Waals surface area (Å²) in [7, 11) is 0. The Hall–Kier alpha value is -6.02. The SMILES string of the molecule is C[C@@H](CCC(=O)[C@@H](C)C1C(=O)CC2C3CCC4CC(O)CCC4(C)C3CCC21C)CO[C@@H]1OC(COC(=O)c2ccccc2)[C@@H](OC(=O)c2ccccc2)[C@H](OC(=O)c2ccccc2)C1OC(=O)c1ccccc1. The van der Waals surface area contributed by atoms with Gasteiger partial charge in [-0.2, -0.15) is 0 Å². The largest absolute Gasteiger partial charge is 0.459 e. The Morgan fingerprint density at radius 1 is 0.635 bits per heavy atom. The summed E-state index contributed by atoms with van der Waals surface area (Å²) < 4.78 is 37.4. The van der Waals surface area contributed by atoms with Crippen molar-refractivity contribution in [2.75, 3.05) is 13.2 Å². The molecule has 392 valence electrons. The normalized spacial score (nSPS) is 32.1.